The van der Waals surface area contributed by atoms with Gasteiger partial charge < -0.3 is 19.9 Å². The molecule has 2 rings (SSSR count). The highest BCUT2D eigenvalue weighted by molar-refractivity contribution is 5.73. The third kappa shape index (κ3) is 5.63. The molecule has 7 nitrogen and oxygen atoms in total. The number of nitrogens with zero attached hydrogens (tertiary/aromatic N) is 2. The lowest BCUT2D eigenvalue weighted by molar-refractivity contribution is -0.00242. The van der Waals surface area contributed by atoms with E-state index in [0.29, 0.717) is 49.9 Å². The molecule has 1 aliphatic rings. The molecule has 124 valence electrons. The van der Waals surface area contributed by atoms with E-state index < -0.39 is 0 Å². The second-order valence-electron chi connectivity index (χ2n) is 5.84. The van der Waals surface area contributed by atoms with Crippen LogP contribution < -0.4 is 10.6 Å². The van der Waals surface area contributed by atoms with Crippen molar-refractivity contribution in [1.82, 2.24) is 20.8 Å². The van der Waals surface area contributed by atoms with Crippen molar-refractivity contribution in [2.75, 3.05) is 19.7 Å². The Kier molecular flexibility index (Phi) is 6.64. The molecular formula is C15H26N4O3. The van der Waals surface area contributed by atoms with E-state index in [1.807, 2.05) is 0 Å². The maximum atomic E-state index is 11.6. The van der Waals surface area contributed by atoms with E-state index in [1.54, 1.807) is 6.92 Å². The second-order valence-corrected chi connectivity index (χ2v) is 5.84. The van der Waals surface area contributed by atoms with Crippen LogP contribution in [-0.2, 0) is 11.2 Å². The number of hydrogen-bond donors (Lipinski definition) is 2. The van der Waals surface area contributed by atoms with Crippen LogP contribution >= 0.6 is 0 Å². The van der Waals surface area contributed by atoms with Gasteiger partial charge in [0.15, 0.2) is 5.82 Å². The zero-order chi connectivity index (χ0) is 15.8. The van der Waals surface area contributed by atoms with Gasteiger partial charge in [0.05, 0.1) is 12.7 Å². The summed E-state index contributed by atoms with van der Waals surface area (Å²) in [6.07, 6.45) is 5.81. The Morgan fingerprint density at radius 2 is 2.09 bits per heavy atom. The first-order valence-electron chi connectivity index (χ1n) is 8.07. The van der Waals surface area contributed by atoms with Crippen LogP contribution in [0.4, 0.5) is 4.79 Å². The van der Waals surface area contributed by atoms with E-state index in [9.17, 15) is 4.79 Å². The van der Waals surface area contributed by atoms with Crippen LogP contribution in [0.15, 0.2) is 4.52 Å². The van der Waals surface area contributed by atoms with Gasteiger partial charge in [-0.3, -0.25) is 0 Å². The standard InChI is InChI=1S/C15H26N4O3/c1-11-5-3-4-6-13(11)21-10-9-17-15(20)16-8-7-14-18-12(2)19-22-14/h11,13H,3-10H2,1-2H3,(H2,16,17,20)/t11-,13-/m1/s1. The number of aromatic nitrogens is 2. The second kappa shape index (κ2) is 8.73. The van der Waals surface area contributed by atoms with Crippen LogP contribution in [0, 0.1) is 12.8 Å². The number of ether oxygens (including phenoxy) is 1. The van der Waals surface area contributed by atoms with E-state index in [1.165, 1.54) is 19.3 Å². The topological polar surface area (TPSA) is 89.3 Å². The zero-order valence-corrected chi connectivity index (χ0v) is 13.4. The fourth-order valence-electron chi connectivity index (χ4n) is 2.69. The summed E-state index contributed by atoms with van der Waals surface area (Å²) in [5.74, 6) is 1.77. The number of aryl methyl sites for hydroxylation is 1. The third-order valence-electron chi connectivity index (χ3n) is 3.95. The fourth-order valence-corrected chi connectivity index (χ4v) is 2.69. The molecule has 1 aliphatic carbocycles. The van der Waals surface area contributed by atoms with Gasteiger partial charge in [0.2, 0.25) is 5.89 Å². The number of nitrogens with one attached hydrogen (secondary N) is 2. The quantitative estimate of drug-likeness (QED) is 0.750. The largest absolute Gasteiger partial charge is 0.376 e. The summed E-state index contributed by atoms with van der Waals surface area (Å²) < 4.78 is 10.8. The first-order valence-corrected chi connectivity index (χ1v) is 8.07. The molecule has 0 spiro atoms. The molecule has 0 aliphatic heterocycles. The Balaban J connectivity index is 1.50. The molecule has 1 aromatic heterocycles. The summed E-state index contributed by atoms with van der Waals surface area (Å²) in [7, 11) is 0. The monoisotopic (exact) mass is 310 g/mol. The SMILES string of the molecule is Cc1noc(CCNC(=O)NCCO[C@@H]2CCCC[C@H]2C)n1. The lowest BCUT2D eigenvalue weighted by atomic mass is 9.88. The van der Waals surface area contributed by atoms with Crippen LogP contribution in [0.1, 0.15) is 44.3 Å². The Bertz CT molecular complexity index is 463. The van der Waals surface area contributed by atoms with Crippen LogP contribution in [0.25, 0.3) is 0 Å². The zero-order valence-electron chi connectivity index (χ0n) is 13.4. The highest BCUT2D eigenvalue weighted by atomic mass is 16.5. The maximum Gasteiger partial charge on any atom is 0.314 e. The number of carbonyl (C=O) groups is 1. The highest BCUT2D eigenvalue weighted by Gasteiger charge is 2.21. The molecule has 0 saturated heterocycles. The molecule has 2 N–H and O–H groups in total. The number of hydrogen-bond acceptors (Lipinski definition) is 5. The predicted molar refractivity (Wildman–Crippen MR) is 81.5 cm³/mol. The summed E-state index contributed by atoms with van der Waals surface area (Å²) in [5, 5.41) is 9.24. The summed E-state index contributed by atoms with van der Waals surface area (Å²) in [4.78, 5) is 15.7. The van der Waals surface area contributed by atoms with Gasteiger partial charge in [-0.05, 0) is 25.7 Å². The predicted octanol–water partition coefficient (Wildman–Crippen LogP) is 1.82. The molecule has 1 heterocycles. The van der Waals surface area contributed by atoms with E-state index in [0.717, 1.165) is 6.42 Å². The molecule has 1 saturated carbocycles. The van der Waals surface area contributed by atoms with Crippen molar-refractivity contribution in [3.05, 3.63) is 11.7 Å². The van der Waals surface area contributed by atoms with E-state index >= 15 is 0 Å². The smallest absolute Gasteiger partial charge is 0.314 e. The Hall–Kier alpha value is -1.63. The summed E-state index contributed by atoms with van der Waals surface area (Å²) >= 11 is 0. The molecule has 0 radical (unpaired) electrons. The van der Waals surface area contributed by atoms with Crippen LogP contribution in [0.3, 0.4) is 0 Å². The number of amides is 2. The van der Waals surface area contributed by atoms with Crippen LogP contribution in [-0.4, -0.2) is 42.0 Å². The first-order chi connectivity index (χ1) is 10.6. The lowest BCUT2D eigenvalue weighted by Gasteiger charge is -2.28. The van der Waals surface area contributed by atoms with Gasteiger partial charge in [0.1, 0.15) is 0 Å². The minimum Gasteiger partial charge on any atom is -0.376 e. The van der Waals surface area contributed by atoms with Gasteiger partial charge in [-0.2, -0.15) is 4.98 Å². The van der Waals surface area contributed by atoms with Gasteiger partial charge in [0.25, 0.3) is 0 Å². The molecule has 0 bridgehead atoms. The van der Waals surface area contributed by atoms with Crippen molar-refractivity contribution >= 4 is 6.03 Å². The van der Waals surface area contributed by atoms with Crippen molar-refractivity contribution in [2.24, 2.45) is 5.92 Å². The number of carbonyl (C=O) groups excluding carboxylic acids is 1. The fraction of sp³-hybridized carbons (Fsp3) is 0.800. The highest BCUT2D eigenvalue weighted by Crippen LogP contribution is 2.25. The minimum atomic E-state index is -0.198. The molecule has 0 unspecified atom stereocenters. The molecular weight excluding hydrogens is 284 g/mol. The summed E-state index contributed by atoms with van der Waals surface area (Å²) in [6, 6.07) is -0.198. The van der Waals surface area contributed by atoms with Gasteiger partial charge in [-0.15, -0.1) is 0 Å². The molecule has 22 heavy (non-hydrogen) atoms. The van der Waals surface area contributed by atoms with Gasteiger partial charge in [0, 0.05) is 19.5 Å². The van der Waals surface area contributed by atoms with E-state index in [4.69, 9.17) is 9.26 Å². The lowest BCUT2D eigenvalue weighted by Crippen LogP contribution is -2.39. The van der Waals surface area contributed by atoms with Crippen molar-refractivity contribution in [3.8, 4) is 0 Å². The Morgan fingerprint density at radius 3 is 2.82 bits per heavy atom. The van der Waals surface area contributed by atoms with Crippen molar-refractivity contribution in [2.45, 2.75) is 52.1 Å². The van der Waals surface area contributed by atoms with Gasteiger partial charge >= 0.3 is 6.03 Å². The summed E-state index contributed by atoms with van der Waals surface area (Å²) in [6.45, 7) is 5.55. The van der Waals surface area contributed by atoms with Crippen LogP contribution in [0.2, 0.25) is 0 Å². The average Bonchev–Trinajstić information content (AvgIpc) is 2.91. The Morgan fingerprint density at radius 1 is 1.32 bits per heavy atom. The van der Waals surface area contributed by atoms with Gasteiger partial charge in [-0.25, -0.2) is 4.79 Å². The van der Waals surface area contributed by atoms with Gasteiger partial charge in [-0.1, -0.05) is 24.9 Å². The molecule has 1 fully saturated rings. The van der Waals surface area contributed by atoms with Crippen LogP contribution in [0.5, 0.6) is 0 Å². The molecule has 2 amide bonds. The molecule has 2 atom stereocenters. The van der Waals surface area contributed by atoms with E-state index in [-0.39, 0.29) is 6.03 Å². The molecule has 1 aromatic rings. The third-order valence-corrected chi connectivity index (χ3v) is 3.95. The molecule has 0 aromatic carbocycles. The molecule has 7 heteroatoms. The number of rotatable bonds is 7. The Labute approximate surface area is 131 Å². The van der Waals surface area contributed by atoms with Crippen molar-refractivity contribution < 1.29 is 14.1 Å². The minimum absolute atomic E-state index is 0.198. The summed E-state index contributed by atoms with van der Waals surface area (Å²) in [5.41, 5.74) is 0. The average molecular weight is 310 g/mol. The normalized spacial score (nSPS) is 21.5. The number of urea groups is 1. The van der Waals surface area contributed by atoms with E-state index in [2.05, 4.69) is 27.7 Å². The van der Waals surface area contributed by atoms with Crippen molar-refractivity contribution in [3.63, 3.8) is 0 Å². The maximum absolute atomic E-state index is 11.6. The van der Waals surface area contributed by atoms with Crippen molar-refractivity contribution in [1.29, 1.82) is 0 Å². The first kappa shape index (κ1) is 16.7.